The molecule has 1 N–H and O–H groups in total. The van der Waals surface area contributed by atoms with Gasteiger partial charge in [-0.2, -0.15) is 4.98 Å². The van der Waals surface area contributed by atoms with Crippen molar-refractivity contribution in [3.05, 3.63) is 48.2 Å². The average molecular weight is 411 g/mol. The van der Waals surface area contributed by atoms with Gasteiger partial charge < -0.3 is 19.5 Å². The molecule has 1 aromatic carbocycles. The van der Waals surface area contributed by atoms with Crippen molar-refractivity contribution in [2.24, 2.45) is 5.92 Å². The molecule has 0 radical (unpaired) electrons. The number of nitrogens with one attached hydrogen (secondary N) is 1. The molecular formula is C21H22FN5O3. The molecule has 30 heavy (non-hydrogen) atoms. The van der Waals surface area contributed by atoms with E-state index in [1.165, 1.54) is 19.2 Å². The number of aromatic nitrogens is 3. The van der Waals surface area contributed by atoms with Gasteiger partial charge in [-0.1, -0.05) is 5.16 Å². The quantitative estimate of drug-likeness (QED) is 0.687. The Balaban J connectivity index is 1.41. The fourth-order valence-corrected chi connectivity index (χ4v) is 3.50. The molecule has 1 amide bonds. The first kappa shape index (κ1) is 19.8. The minimum atomic E-state index is -0.513. The van der Waals surface area contributed by atoms with Crippen molar-refractivity contribution >= 4 is 17.4 Å². The lowest BCUT2D eigenvalue weighted by atomic mass is 9.97. The number of hydrogen-bond acceptors (Lipinski definition) is 7. The van der Waals surface area contributed by atoms with Crippen LogP contribution < -0.4 is 15.0 Å². The molecule has 4 rings (SSSR count). The van der Waals surface area contributed by atoms with E-state index in [-0.39, 0.29) is 17.6 Å². The number of rotatable bonds is 5. The Hall–Kier alpha value is -3.49. The molecule has 0 saturated carbocycles. The van der Waals surface area contributed by atoms with Crippen molar-refractivity contribution in [2.75, 3.05) is 30.4 Å². The lowest BCUT2D eigenvalue weighted by Gasteiger charge is -2.32. The van der Waals surface area contributed by atoms with Crippen molar-refractivity contribution < 1.29 is 18.4 Å². The van der Waals surface area contributed by atoms with Gasteiger partial charge in [-0.25, -0.2) is 9.37 Å². The second-order valence-electron chi connectivity index (χ2n) is 7.18. The first-order valence-corrected chi connectivity index (χ1v) is 9.69. The number of pyridine rings is 1. The third kappa shape index (κ3) is 4.24. The van der Waals surface area contributed by atoms with Crippen LogP contribution in [0.15, 0.2) is 41.1 Å². The van der Waals surface area contributed by atoms with Crippen molar-refractivity contribution in [2.45, 2.75) is 19.8 Å². The van der Waals surface area contributed by atoms with Gasteiger partial charge in [0.25, 0.3) is 5.89 Å². The number of hydrogen-bond donors (Lipinski definition) is 1. The summed E-state index contributed by atoms with van der Waals surface area (Å²) < 4.78 is 23.9. The molecule has 2 aromatic heterocycles. The monoisotopic (exact) mass is 411 g/mol. The van der Waals surface area contributed by atoms with Crippen LogP contribution in [0.1, 0.15) is 18.7 Å². The number of anilines is 2. The van der Waals surface area contributed by atoms with Gasteiger partial charge in [-0.05, 0) is 44.0 Å². The smallest absolute Gasteiger partial charge is 0.259 e. The fraction of sp³-hybridized carbons (Fsp3) is 0.333. The largest absolute Gasteiger partial charge is 0.494 e. The highest BCUT2D eigenvalue weighted by atomic mass is 19.1. The molecule has 3 aromatic rings. The lowest BCUT2D eigenvalue weighted by Crippen LogP contribution is -2.41. The summed E-state index contributed by atoms with van der Waals surface area (Å²) in [6, 6.07) is 8.14. The molecule has 1 aliphatic heterocycles. The van der Waals surface area contributed by atoms with Gasteiger partial charge in [0, 0.05) is 31.0 Å². The van der Waals surface area contributed by atoms with Gasteiger partial charge in [0.05, 0.1) is 18.6 Å². The molecule has 0 spiro atoms. The van der Waals surface area contributed by atoms with Crippen molar-refractivity contribution in [3.63, 3.8) is 0 Å². The Labute approximate surface area is 173 Å². The Bertz CT molecular complexity index is 1040. The predicted octanol–water partition coefficient (Wildman–Crippen LogP) is 3.44. The highest BCUT2D eigenvalue weighted by molar-refractivity contribution is 5.93. The second-order valence-corrected chi connectivity index (χ2v) is 7.18. The average Bonchev–Trinajstić information content (AvgIpc) is 3.20. The molecule has 1 atom stereocenters. The molecule has 3 heterocycles. The number of ether oxygens (including phenoxy) is 1. The van der Waals surface area contributed by atoms with Crippen molar-refractivity contribution in [1.29, 1.82) is 0 Å². The zero-order chi connectivity index (χ0) is 21.1. The van der Waals surface area contributed by atoms with E-state index in [9.17, 15) is 9.18 Å². The van der Waals surface area contributed by atoms with Crippen LogP contribution in [0.4, 0.5) is 15.9 Å². The van der Waals surface area contributed by atoms with Gasteiger partial charge in [-0.15, -0.1) is 0 Å². The first-order chi connectivity index (χ1) is 14.5. The minimum absolute atomic E-state index is 0.137. The highest BCUT2D eigenvalue weighted by Crippen LogP contribution is 2.26. The summed E-state index contributed by atoms with van der Waals surface area (Å²) in [7, 11) is 1.40. The number of carbonyl (C=O) groups excluding carboxylic acids is 1. The molecule has 156 valence electrons. The number of halogens is 1. The maximum Gasteiger partial charge on any atom is 0.259 e. The summed E-state index contributed by atoms with van der Waals surface area (Å²) >= 11 is 0. The fourth-order valence-electron chi connectivity index (χ4n) is 3.50. The summed E-state index contributed by atoms with van der Waals surface area (Å²) in [6.45, 7) is 3.11. The van der Waals surface area contributed by atoms with Crippen LogP contribution >= 0.6 is 0 Å². The van der Waals surface area contributed by atoms with E-state index in [0.29, 0.717) is 23.9 Å². The molecule has 1 fully saturated rings. The third-order valence-electron chi connectivity index (χ3n) is 5.06. The Morgan fingerprint density at radius 1 is 1.33 bits per heavy atom. The van der Waals surface area contributed by atoms with Gasteiger partial charge in [0.1, 0.15) is 5.82 Å². The summed E-state index contributed by atoms with van der Waals surface area (Å²) in [5.41, 5.74) is 1.15. The van der Waals surface area contributed by atoms with Gasteiger partial charge in [0.2, 0.25) is 5.91 Å². The van der Waals surface area contributed by atoms with E-state index in [4.69, 9.17) is 9.26 Å². The summed E-state index contributed by atoms with van der Waals surface area (Å²) in [5, 5.41) is 6.58. The van der Waals surface area contributed by atoms with Crippen LogP contribution in [-0.2, 0) is 4.79 Å². The van der Waals surface area contributed by atoms with Crippen LogP contribution in [0.5, 0.6) is 5.75 Å². The highest BCUT2D eigenvalue weighted by Gasteiger charge is 2.27. The van der Waals surface area contributed by atoms with E-state index in [1.807, 2.05) is 12.1 Å². The predicted molar refractivity (Wildman–Crippen MR) is 109 cm³/mol. The van der Waals surface area contributed by atoms with E-state index in [2.05, 4.69) is 25.3 Å². The van der Waals surface area contributed by atoms with Crippen molar-refractivity contribution in [3.8, 4) is 17.2 Å². The standard InChI is InChI=1S/C21H22FN5O3/c1-13-24-21(30-26-13)14-5-8-19(23-11-14)27-9-3-4-15(12-27)20(28)25-16-6-7-18(29-2)17(22)10-16/h5-8,10-11,15H,3-4,9,12H2,1-2H3,(H,25,28)/t15-/m1/s1. The molecule has 0 aliphatic carbocycles. The zero-order valence-electron chi connectivity index (χ0n) is 16.8. The number of piperidine rings is 1. The molecule has 1 saturated heterocycles. The Kier molecular flexibility index (Phi) is 5.60. The number of benzene rings is 1. The first-order valence-electron chi connectivity index (χ1n) is 9.69. The molecule has 1 aliphatic rings. The molecule has 8 nitrogen and oxygen atoms in total. The molecule has 9 heteroatoms. The van der Waals surface area contributed by atoms with E-state index >= 15 is 0 Å². The lowest BCUT2D eigenvalue weighted by molar-refractivity contribution is -0.120. The van der Waals surface area contributed by atoms with E-state index in [0.717, 1.165) is 30.8 Å². The van der Waals surface area contributed by atoms with E-state index in [1.54, 1.807) is 19.2 Å². The molecule has 0 unspecified atom stereocenters. The van der Waals surface area contributed by atoms with Crippen LogP contribution in [-0.4, -0.2) is 41.2 Å². The van der Waals surface area contributed by atoms with Gasteiger partial charge in [0.15, 0.2) is 17.4 Å². The number of amides is 1. The topological polar surface area (TPSA) is 93.4 Å². The third-order valence-corrected chi connectivity index (χ3v) is 5.06. The van der Waals surface area contributed by atoms with Gasteiger partial charge >= 0.3 is 0 Å². The zero-order valence-corrected chi connectivity index (χ0v) is 16.8. The van der Waals surface area contributed by atoms with Crippen molar-refractivity contribution in [1.82, 2.24) is 15.1 Å². The van der Waals surface area contributed by atoms with Gasteiger partial charge in [-0.3, -0.25) is 4.79 Å². The Morgan fingerprint density at radius 2 is 2.20 bits per heavy atom. The summed E-state index contributed by atoms with van der Waals surface area (Å²) in [6.07, 6.45) is 3.31. The minimum Gasteiger partial charge on any atom is -0.494 e. The number of carbonyl (C=O) groups is 1. The van der Waals surface area contributed by atoms with E-state index < -0.39 is 5.82 Å². The Morgan fingerprint density at radius 3 is 2.87 bits per heavy atom. The maximum absolute atomic E-state index is 13.9. The summed E-state index contributed by atoms with van der Waals surface area (Å²) in [4.78, 5) is 23.5. The summed E-state index contributed by atoms with van der Waals surface area (Å²) in [5.74, 6) is 1.04. The molecule has 0 bridgehead atoms. The maximum atomic E-state index is 13.9. The second kappa shape index (κ2) is 8.48. The molecular weight excluding hydrogens is 389 g/mol. The van der Waals surface area contributed by atoms with Crippen LogP contribution in [0, 0.1) is 18.7 Å². The SMILES string of the molecule is COc1ccc(NC(=O)[C@@H]2CCCN(c3ccc(-c4nc(C)no4)cn3)C2)cc1F. The number of nitrogens with zero attached hydrogens (tertiary/aromatic N) is 4. The van der Waals surface area contributed by atoms with Crippen LogP contribution in [0.3, 0.4) is 0 Å². The van der Waals surface area contributed by atoms with Crippen LogP contribution in [0.2, 0.25) is 0 Å². The normalized spacial score (nSPS) is 16.4. The number of aryl methyl sites for hydroxylation is 1. The van der Waals surface area contributed by atoms with Crippen LogP contribution in [0.25, 0.3) is 11.5 Å². The number of methoxy groups -OCH3 is 1.